The van der Waals surface area contributed by atoms with Gasteiger partial charge in [0.05, 0.1) is 12.7 Å². The first-order valence-electron chi connectivity index (χ1n) is 6.29. The van der Waals surface area contributed by atoms with Crippen molar-refractivity contribution < 1.29 is 9.53 Å². The number of hydrogen-bond donors (Lipinski definition) is 0. The number of aryl methyl sites for hydroxylation is 1. The number of amides is 1. The van der Waals surface area contributed by atoms with Crippen molar-refractivity contribution in [2.75, 3.05) is 19.7 Å². The van der Waals surface area contributed by atoms with Crippen LogP contribution in [0, 0.1) is 6.92 Å². The van der Waals surface area contributed by atoms with Crippen LogP contribution < -0.4 is 0 Å². The van der Waals surface area contributed by atoms with Crippen molar-refractivity contribution in [1.82, 2.24) is 4.90 Å². The average Bonchev–Trinajstić information content (AvgIpc) is 2.41. The Labute approximate surface area is 116 Å². The highest BCUT2D eigenvalue weighted by Gasteiger charge is 2.24. The summed E-state index contributed by atoms with van der Waals surface area (Å²) in [5.74, 6) is 0.104. The highest BCUT2D eigenvalue weighted by Crippen LogP contribution is 2.19. The van der Waals surface area contributed by atoms with Crippen molar-refractivity contribution in [3.05, 3.63) is 33.8 Å². The first-order chi connectivity index (χ1) is 8.61. The van der Waals surface area contributed by atoms with E-state index in [2.05, 4.69) is 22.9 Å². The lowest BCUT2D eigenvalue weighted by Crippen LogP contribution is -2.45. The molecule has 1 heterocycles. The Balaban J connectivity index is 2.12. The number of halogens is 1. The van der Waals surface area contributed by atoms with E-state index in [0.717, 1.165) is 22.0 Å². The standard InChI is InChI=1S/C14H18BrNO2/c1-3-12-9-16(6-7-18-12)14(17)11-4-5-13(15)10(2)8-11/h4-5,8,12H,3,6-7,9H2,1-2H3. The second-order valence-electron chi connectivity index (χ2n) is 4.62. The molecule has 98 valence electrons. The zero-order valence-electron chi connectivity index (χ0n) is 10.8. The number of carbonyl (C=O) groups is 1. The van der Waals surface area contributed by atoms with Crippen LogP contribution >= 0.6 is 15.9 Å². The second-order valence-corrected chi connectivity index (χ2v) is 5.47. The number of ether oxygens (including phenoxy) is 1. The molecule has 2 rings (SSSR count). The summed E-state index contributed by atoms with van der Waals surface area (Å²) in [6, 6.07) is 5.74. The number of carbonyl (C=O) groups excluding carboxylic acids is 1. The highest BCUT2D eigenvalue weighted by atomic mass is 79.9. The molecule has 3 nitrogen and oxygen atoms in total. The lowest BCUT2D eigenvalue weighted by Gasteiger charge is -2.32. The minimum Gasteiger partial charge on any atom is -0.375 e. The van der Waals surface area contributed by atoms with E-state index in [0.29, 0.717) is 19.7 Å². The molecule has 4 heteroatoms. The maximum Gasteiger partial charge on any atom is 0.254 e. The Bertz CT molecular complexity index is 447. The largest absolute Gasteiger partial charge is 0.375 e. The van der Waals surface area contributed by atoms with Crippen LogP contribution in [0.15, 0.2) is 22.7 Å². The Morgan fingerprint density at radius 3 is 3.00 bits per heavy atom. The minimum atomic E-state index is 0.104. The third-order valence-electron chi connectivity index (χ3n) is 3.29. The molecular formula is C14H18BrNO2. The van der Waals surface area contributed by atoms with Crippen LogP contribution in [0.5, 0.6) is 0 Å². The molecule has 1 aliphatic heterocycles. The predicted molar refractivity (Wildman–Crippen MR) is 74.8 cm³/mol. The van der Waals surface area contributed by atoms with Gasteiger partial charge < -0.3 is 9.64 Å². The van der Waals surface area contributed by atoms with Gasteiger partial charge >= 0.3 is 0 Å². The molecule has 0 aromatic heterocycles. The Morgan fingerprint density at radius 1 is 1.56 bits per heavy atom. The Kier molecular flexibility index (Phi) is 4.40. The molecule has 1 aromatic carbocycles. The van der Waals surface area contributed by atoms with Gasteiger partial charge in [-0.05, 0) is 37.1 Å². The SMILES string of the molecule is CCC1CN(C(=O)c2ccc(Br)c(C)c2)CCO1. The monoisotopic (exact) mass is 311 g/mol. The van der Waals surface area contributed by atoms with Gasteiger partial charge in [0, 0.05) is 23.1 Å². The summed E-state index contributed by atoms with van der Waals surface area (Å²) in [6.07, 6.45) is 1.13. The molecule has 1 saturated heterocycles. The van der Waals surface area contributed by atoms with Gasteiger partial charge in [0.1, 0.15) is 0 Å². The van der Waals surface area contributed by atoms with Crippen molar-refractivity contribution in [2.45, 2.75) is 26.4 Å². The molecule has 1 aromatic rings. The van der Waals surface area contributed by atoms with Crippen LogP contribution in [-0.4, -0.2) is 36.6 Å². The van der Waals surface area contributed by atoms with Crippen molar-refractivity contribution in [2.24, 2.45) is 0 Å². The Hall–Kier alpha value is -0.870. The van der Waals surface area contributed by atoms with Gasteiger partial charge in [-0.15, -0.1) is 0 Å². The number of benzene rings is 1. The number of rotatable bonds is 2. The molecule has 0 N–H and O–H groups in total. The number of hydrogen-bond acceptors (Lipinski definition) is 2. The zero-order valence-corrected chi connectivity index (χ0v) is 12.4. The predicted octanol–water partition coefficient (Wildman–Crippen LogP) is 3.01. The molecule has 0 radical (unpaired) electrons. The van der Waals surface area contributed by atoms with Crippen LogP contribution in [0.25, 0.3) is 0 Å². The number of nitrogens with zero attached hydrogens (tertiary/aromatic N) is 1. The molecular weight excluding hydrogens is 294 g/mol. The van der Waals surface area contributed by atoms with Crippen molar-refractivity contribution >= 4 is 21.8 Å². The highest BCUT2D eigenvalue weighted by molar-refractivity contribution is 9.10. The van der Waals surface area contributed by atoms with Gasteiger partial charge in [-0.25, -0.2) is 0 Å². The molecule has 1 atom stereocenters. The quantitative estimate of drug-likeness (QED) is 0.840. The molecule has 0 bridgehead atoms. The van der Waals surface area contributed by atoms with Crippen molar-refractivity contribution in [1.29, 1.82) is 0 Å². The summed E-state index contributed by atoms with van der Waals surface area (Å²) in [4.78, 5) is 14.3. The third kappa shape index (κ3) is 2.93. The number of morpholine rings is 1. The first kappa shape index (κ1) is 13.6. The molecule has 0 spiro atoms. The van der Waals surface area contributed by atoms with E-state index in [1.807, 2.05) is 30.0 Å². The van der Waals surface area contributed by atoms with Crippen LogP contribution in [0.4, 0.5) is 0 Å². The minimum absolute atomic E-state index is 0.104. The fraction of sp³-hybridized carbons (Fsp3) is 0.500. The van der Waals surface area contributed by atoms with E-state index >= 15 is 0 Å². The molecule has 0 saturated carbocycles. The van der Waals surface area contributed by atoms with Gasteiger partial charge in [-0.3, -0.25) is 4.79 Å². The maximum atomic E-state index is 12.4. The molecule has 0 aliphatic carbocycles. The van der Waals surface area contributed by atoms with Gasteiger partial charge in [-0.2, -0.15) is 0 Å². The van der Waals surface area contributed by atoms with Gasteiger partial charge in [0.2, 0.25) is 0 Å². The van der Waals surface area contributed by atoms with Crippen LogP contribution in [0.3, 0.4) is 0 Å². The van der Waals surface area contributed by atoms with E-state index in [1.54, 1.807) is 0 Å². The molecule has 1 amide bonds. The average molecular weight is 312 g/mol. The van der Waals surface area contributed by atoms with Crippen molar-refractivity contribution in [3.8, 4) is 0 Å². The van der Waals surface area contributed by atoms with Crippen LogP contribution in [-0.2, 0) is 4.74 Å². The fourth-order valence-electron chi connectivity index (χ4n) is 2.11. The summed E-state index contributed by atoms with van der Waals surface area (Å²) in [5.41, 5.74) is 1.84. The topological polar surface area (TPSA) is 29.5 Å². The first-order valence-corrected chi connectivity index (χ1v) is 7.08. The van der Waals surface area contributed by atoms with Crippen LogP contribution in [0.2, 0.25) is 0 Å². The molecule has 18 heavy (non-hydrogen) atoms. The fourth-order valence-corrected chi connectivity index (χ4v) is 2.36. The zero-order chi connectivity index (χ0) is 13.1. The molecule has 1 unspecified atom stereocenters. The lowest BCUT2D eigenvalue weighted by molar-refractivity contribution is -0.0226. The molecule has 1 fully saturated rings. The van der Waals surface area contributed by atoms with Crippen LogP contribution in [0.1, 0.15) is 29.3 Å². The summed E-state index contributed by atoms with van der Waals surface area (Å²) in [6.45, 7) is 6.10. The van der Waals surface area contributed by atoms with E-state index in [1.165, 1.54) is 0 Å². The summed E-state index contributed by atoms with van der Waals surface area (Å²) >= 11 is 3.45. The molecule has 1 aliphatic rings. The Morgan fingerprint density at radius 2 is 2.33 bits per heavy atom. The van der Waals surface area contributed by atoms with E-state index < -0.39 is 0 Å². The normalized spacial score (nSPS) is 19.9. The van der Waals surface area contributed by atoms with Gasteiger partial charge in [-0.1, -0.05) is 22.9 Å². The summed E-state index contributed by atoms with van der Waals surface area (Å²) in [7, 11) is 0. The lowest BCUT2D eigenvalue weighted by atomic mass is 10.1. The second kappa shape index (κ2) is 5.85. The van der Waals surface area contributed by atoms with Gasteiger partial charge in [0.25, 0.3) is 5.91 Å². The van der Waals surface area contributed by atoms with E-state index in [4.69, 9.17) is 4.74 Å². The van der Waals surface area contributed by atoms with E-state index in [-0.39, 0.29) is 12.0 Å². The smallest absolute Gasteiger partial charge is 0.254 e. The summed E-state index contributed by atoms with van der Waals surface area (Å²) < 4.78 is 6.62. The maximum absolute atomic E-state index is 12.4. The summed E-state index contributed by atoms with van der Waals surface area (Å²) in [5, 5.41) is 0. The third-order valence-corrected chi connectivity index (χ3v) is 4.18. The van der Waals surface area contributed by atoms with Gasteiger partial charge in [0.15, 0.2) is 0 Å². The van der Waals surface area contributed by atoms with E-state index in [9.17, 15) is 4.79 Å². The van der Waals surface area contributed by atoms with Crippen molar-refractivity contribution in [3.63, 3.8) is 0 Å².